The second kappa shape index (κ2) is 6.95. The van der Waals surface area contributed by atoms with Gasteiger partial charge in [0.15, 0.2) is 0 Å². The molecule has 0 atom stereocenters. The number of nitro groups is 1. The molecule has 1 aliphatic heterocycles. The highest BCUT2D eigenvalue weighted by molar-refractivity contribution is 5.88. The first kappa shape index (κ1) is 18.5. The van der Waals surface area contributed by atoms with E-state index in [0.717, 1.165) is 7.11 Å². The predicted octanol–water partition coefficient (Wildman–Crippen LogP) is 2.26. The molecule has 1 aromatic carbocycles. The summed E-state index contributed by atoms with van der Waals surface area (Å²) >= 11 is 0. The first-order valence-corrected chi connectivity index (χ1v) is 7.14. The number of carbonyl (C=O) groups is 2. The van der Waals surface area contributed by atoms with E-state index in [9.17, 15) is 32.9 Å². The SMILES string of the molecule is COC(=O)Nc1cc2c(cc1[N+](=O)[O-])CCN(C(=O)C(F)(F)F)CC2. The molecule has 136 valence electrons. The molecule has 25 heavy (non-hydrogen) atoms. The van der Waals surface area contributed by atoms with E-state index in [1.165, 1.54) is 12.1 Å². The molecule has 0 spiro atoms. The third kappa shape index (κ3) is 4.17. The van der Waals surface area contributed by atoms with E-state index < -0.39 is 28.8 Å². The standard InChI is InChI=1S/C14H14F3N3O5/c1-25-13(22)18-10-6-8-2-4-19(12(21)14(15,16)17)5-3-9(8)7-11(10)20(23)24/h6-7H,2-5H2,1H3,(H,18,22). The number of carbonyl (C=O) groups excluding carboxylic acids is 2. The molecule has 1 aromatic rings. The Bertz CT molecular complexity index is 720. The Labute approximate surface area is 139 Å². The fourth-order valence-corrected chi connectivity index (χ4v) is 2.56. The maximum Gasteiger partial charge on any atom is 0.471 e. The summed E-state index contributed by atoms with van der Waals surface area (Å²) in [5.41, 5.74) is 0.458. The van der Waals surface area contributed by atoms with Crippen LogP contribution in [0, 0.1) is 10.1 Å². The van der Waals surface area contributed by atoms with Crippen LogP contribution in [-0.4, -0.2) is 48.2 Å². The molecular formula is C14H14F3N3O5. The van der Waals surface area contributed by atoms with Crippen LogP contribution in [0.4, 0.5) is 29.3 Å². The lowest BCUT2D eigenvalue weighted by Gasteiger charge is -2.21. The van der Waals surface area contributed by atoms with E-state index in [1.807, 2.05) is 0 Å². The summed E-state index contributed by atoms with van der Waals surface area (Å²) in [6, 6.07) is 2.52. The van der Waals surface area contributed by atoms with Gasteiger partial charge >= 0.3 is 18.2 Å². The lowest BCUT2D eigenvalue weighted by atomic mass is 10.0. The number of hydrogen-bond acceptors (Lipinski definition) is 5. The van der Waals surface area contributed by atoms with Gasteiger partial charge in [-0.1, -0.05) is 0 Å². The summed E-state index contributed by atoms with van der Waals surface area (Å²) in [4.78, 5) is 33.8. The molecule has 0 bridgehead atoms. The number of benzene rings is 1. The second-order valence-electron chi connectivity index (χ2n) is 5.30. The lowest BCUT2D eigenvalue weighted by Crippen LogP contribution is -2.42. The summed E-state index contributed by atoms with van der Waals surface area (Å²) in [5.74, 6) is -1.94. The van der Waals surface area contributed by atoms with E-state index in [2.05, 4.69) is 10.1 Å². The number of fused-ring (bicyclic) bond motifs is 1. The molecule has 1 N–H and O–H groups in total. The zero-order chi connectivity index (χ0) is 18.8. The summed E-state index contributed by atoms with van der Waals surface area (Å²) in [6.07, 6.45) is -5.77. The Hall–Kier alpha value is -2.85. The first-order valence-electron chi connectivity index (χ1n) is 7.14. The van der Waals surface area contributed by atoms with Crippen molar-refractivity contribution in [2.75, 3.05) is 25.5 Å². The minimum Gasteiger partial charge on any atom is -0.453 e. The highest BCUT2D eigenvalue weighted by Crippen LogP contribution is 2.31. The molecular weight excluding hydrogens is 347 g/mol. The van der Waals surface area contributed by atoms with Crippen LogP contribution in [0.3, 0.4) is 0 Å². The van der Waals surface area contributed by atoms with Gasteiger partial charge in [0.2, 0.25) is 0 Å². The van der Waals surface area contributed by atoms with Gasteiger partial charge in [0.05, 0.1) is 12.0 Å². The van der Waals surface area contributed by atoms with E-state index in [0.29, 0.717) is 16.0 Å². The van der Waals surface area contributed by atoms with Gasteiger partial charge in [-0.3, -0.25) is 20.2 Å². The topological polar surface area (TPSA) is 102 Å². The maximum absolute atomic E-state index is 12.6. The van der Waals surface area contributed by atoms with E-state index in [4.69, 9.17) is 0 Å². The molecule has 2 rings (SSSR count). The van der Waals surface area contributed by atoms with Gasteiger partial charge in [0.25, 0.3) is 5.69 Å². The Morgan fingerprint density at radius 3 is 2.28 bits per heavy atom. The number of alkyl halides is 3. The van der Waals surface area contributed by atoms with E-state index in [-0.39, 0.29) is 31.6 Å². The zero-order valence-corrected chi connectivity index (χ0v) is 13.1. The van der Waals surface area contributed by atoms with Gasteiger partial charge in [0.1, 0.15) is 5.69 Å². The molecule has 0 fully saturated rings. The number of nitrogens with zero attached hydrogens (tertiary/aromatic N) is 2. The van der Waals surface area contributed by atoms with Crippen molar-refractivity contribution in [2.45, 2.75) is 19.0 Å². The summed E-state index contributed by atoms with van der Waals surface area (Å²) in [7, 11) is 1.09. The molecule has 2 amide bonds. The molecule has 8 nitrogen and oxygen atoms in total. The molecule has 0 unspecified atom stereocenters. The molecule has 0 saturated heterocycles. The van der Waals surface area contributed by atoms with Crippen molar-refractivity contribution in [2.24, 2.45) is 0 Å². The van der Waals surface area contributed by atoms with Gasteiger partial charge < -0.3 is 9.64 Å². The summed E-state index contributed by atoms with van der Waals surface area (Å²) < 4.78 is 42.1. The third-order valence-corrected chi connectivity index (χ3v) is 3.77. The number of nitrogens with one attached hydrogen (secondary N) is 1. The highest BCUT2D eigenvalue weighted by Gasteiger charge is 2.42. The van der Waals surface area contributed by atoms with Gasteiger partial charge in [-0.15, -0.1) is 0 Å². The van der Waals surface area contributed by atoms with Crippen LogP contribution in [0.5, 0.6) is 0 Å². The van der Waals surface area contributed by atoms with Crippen molar-refractivity contribution >= 4 is 23.4 Å². The molecule has 1 heterocycles. The average Bonchev–Trinajstić information content (AvgIpc) is 2.74. The van der Waals surface area contributed by atoms with E-state index >= 15 is 0 Å². The predicted molar refractivity (Wildman–Crippen MR) is 79.2 cm³/mol. The number of ether oxygens (including phenoxy) is 1. The van der Waals surface area contributed by atoms with Crippen LogP contribution in [0.25, 0.3) is 0 Å². The van der Waals surface area contributed by atoms with E-state index in [1.54, 1.807) is 0 Å². The number of methoxy groups -OCH3 is 1. The monoisotopic (exact) mass is 361 g/mol. The van der Waals surface area contributed by atoms with Crippen molar-refractivity contribution in [3.63, 3.8) is 0 Å². The van der Waals surface area contributed by atoms with Crippen LogP contribution in [-0.2, 0) is 22.4 Å². The summed E-state index contributed by atoms with van der Waals surface area (Å²) in [6.45, 7) is -0.382. The van der Waals surface area contributed by atoms with Crippen LogP contribution in [0.15, 0.2) is 12.1 Å². The minimum atomic E-state index is -4.97. The molecule has 0 aliphatic carbocycles. The Morgan fingerprint density at radius 1 is 1.24 bits per heavy atom. The van der Waals surface area contributed by atoms with Gasteiger partial charge in [-0.2, -0.15) is 13.2 Å². The summed E-state index contributed by atoms with van der Waals surface area (Å²) in [5, 5.41) is 13.4. The quantitative estimate of drug-likeness (QED) is 0.643. The number of halogens is 3. The first-order chi connectivity index (χ1) is 11.6. The largest absolute Gasteiger partial charge is 0.471 e. The fourth-order valence-electron chi connectivity index (χ4n) is 2.56. The Morgan fingerprint density at radius 2 is 1.80 bits per heavy atom. The number of amides is 2. The maximum atomic E-state index is 12.6. The fraction of sp³-hybridized carbons (Fsp3) is 0.429. The van der Waals surface area contributed by atoms with Crippen molar-refractivity contribution in [1.29, 1.82) is 0 Å². The average molecular weight is 361 g/mol. The van der Waals surface area contributed by atoms with Gasteiger partial charge in [-0.25, -0.2) is 4.79 Å². The van der Waals surface area contributed by atoms with Gasteiger partial charge in [0, 0.05) is 19.2 Å². The van der Waals surface area contributed by atoms with Crippen LogP contribution in [0.1, 0.15) is 11.1 Å². The zero-order valence-electron chi connectivity index (χ0n) is 13.1. The second-order valence-corrected chi connectivity index (χ2v) is 5.30. The molecule has 0 saturated carbocycles. The minimum absolute atomic E-state index is 0.0382. The van der Waals surface area contributed by atoms with Crippen molar-refractivity contribution in [3.8, 4) is 0 Å². The van der Waals surface area contributed by atoms with Crippen LogP contribution in [0.2, 0.25) is 0 Å². The number of rotatable bonds is 2. The number of hydrogen-bond donors (Lipinski definition) is 1. The number of anilines is 1. The Balaban J connectivity index is 2.32. The van der Waals surface area contributed by atoms with Crippen molar-refractivity contribution in [3.05, 3.63) is 33.4 Å². The van der Waals surface area contributed by atoms with Gasteiger partial charge in [-0.05, 0) is 30.0 Å². The van der Waals surface area contributed by atoms with Crippen LogP contribution < -0.4 is 5.32 Å². The lowest BCUT2D eigenvalue weighted by molar-refractivity contribution is -0.384. The van der Waals surface area contributed by atoms with Crippen molar-refractivity contribution < 1.29 is 32.4 Å². The third-order valence-electron chi connectivity index (χ3n) is 3.77. The normalized spacial score (nSPS) is 14.3. The highest BCUT2D eigenvalue weighted by atomic mass is 19.4. The smallest absolute Gasteiger partial charge is 0.453 e. The molecule has 0 radical (unpaired) electrons. The molecule has 1 aliphatic rings. The number of nitro benzene ring substituents is 1. The van der Waals surface area contributed by atoms with Crippen LogP contribution >= 0.6 is 0 Å². The molecule has 11 heteroatoms. The molecule has 0 aromatic heterocycles. The van der Waals surface area contributed by atoms with Crippen molar-refractivity contribution in [1.82, 2.24) is 4.90 Å². The Kier molecular flexibility index (Phi) is 5.14.